The lowest BCUT2D eigenvalue weighted by atomic mass is 9.60. The van der Waals surface area contributed by atoms with Gasteiger partial charge in [0.1, 0.15) is 17.1 Å². The quantitative estimate of drug-likeness (QED) is 0.330. The van der Waals surface area contributed by atoms with Crippen molar-refractivity contribution in [3.05, 3.63) is 59.2 Å². The number of rotatable bonds is 9. The predicted molar refractivity (Wildman–Crippen MR) is 172 cm³/mol. The number of fused-ring (bicyclic) bond motifs is 1. The van der Waals surface area contributed by atoms with Crippen LogP contribution in [0.25, 0.3) is 0 Å². The number of hydrogen-bond donors (Lipinski definition) is 3. The number of benzene rings is 1. The molecule has 8 atom stereocenters. The molecule has 7 heteroatoms. The molecule has 3 aliphatic carbocycles. The van der Waals surface area contributed by atoms with E-state index in [1.807, 2.05) is 23.1 Å². The average molecular weight is 608 g/mol. The van der Waals surface area contributed by atoms with Gasteiger partial charge in [-0.2, -0.15) is 0 Å². The third-order valence-electron chi connectivity index (χ3n) is 11.5. The molecule has 0 spiro atoms. The van der Waals surface area contributed by atoms with Gasteiger partial charge in [0.05, 0.1) is 26.4 Å². The number of ether oxygens (including phenoxy) is 2. The minimum absolute atomic E-state index is 0.00107. The second-order valence-electron chi connectivity index (χ2n) is 14.5. The Morgan fingerprint density at radius 2 is 1.82 bits per heavy atom. The van der Waals surface area contributed by atoms with Crippen LogP contribution < -0.4 is 9.47 Å². The summed E-state index contributed by atoms with van der Waals surface area (Å²) in [5, 5.41) is 31.5. The maximum atomic E-state index is 13.4. The fraction of sp³-hybridized carbons (Fsp3) is 0.649. The predicted octanol–water partition coefficient (Wildman–Crippen LogP) is 5.77. The summed E-state index contributed by atoms with van der Waals surface area (Å²) in [7, 11) is 3.27. The van der Waals surface area contributed by atoms with Crippen molar-refractivity contribution in [2.24, 2.45) is 23.2 Å². The molecule has 4 aliphatic rings. The zero-order valence-electron chi connectivity index (χ0n) is 27.3. The number of amides is 1. The second-order valence-corrected chi connectivity index (χ2v) is 14.5. The number of methoxy groups -OCH3 is 2. The van der Waals surface area contributed by atoms with Gasteiger partial charge in [-0.3, -0.25) is 4.79 Å². The molecular formula is C37H53NO6. The van der Waals surface area contributed by atoms with Crippen molar-refractivity contribution in [1.82, 2.24) is 4.90 Å². The van der Waals surface area contributed by atoms with Crippen LogP contribution in [0.3, 0.4) is 0 Å². The Labute approximate surface area is 263 Å². The third kappa shape index (κ3) is 6.52. The Balaban J connectivity index is 1.29. The van der Waals surface area contributed by atoms with Gasteiger partial charge in [-0.15, -0.1) is 0 Å². The molecule has 0 aromatic heterocycles. The van der Waals surface area contributed by atoms with E-state index in [1.165, 1.54) is 18.4 Å². The number of likely N-dealkylation sites (tertiary alicyclic amines) is 1. The third-order valence-corrected chi connectivity index (χ3v) is 11.5. The standard InChI is InChI=1S/C37H53NO6/c1-23(16-28-22-37(4,42)35(41)38(28)15-13-25-17-30(43-5)21-31(18-25)44-6)32-11-12-33-26(8-7-14-36(32,33)3)9-10-27-19-29(39)20-34(40)24(27)2/h9-10,17-18,21,23,28-29,32-34,39-40,42H,2,7-8,11-16,19-20,22H2,1,3-6H3/b26-9+,27-10-/t23-,28+,29-,32-,33+,34+,36-,37+/m1/s1. The first kappa shape index (κ1) is 32.8. The van der Waals surface area contributed by atoms with Crippen LogP contribution in [-0.2, 0) is 11.2 Å². The van der Waals surface area contributed by atoms with Crippen molar-refractivity contribution in [2.45, 2.75) is 109 Å². The summed E-state index contributed by atoms with van der Waals surface area (Å²) >= 11 is 0. The van der Waals surface area contributed by atoms with Gasteiger partial charge in [0.2, 0.25) is 0 Å². The van der Waals surface area contributed by atoms with E-state index >= 15 is 0 Å². The molecule has 0 bridgehead atoms. The van der Waals surface area contributed by atoms with E-state index in [2.05, 4.69) is 32.6 Å². The summed E-state index contributed by atoms with van der Waals surface area (Å²) in [6.07, 6.45) is 11.9. The van der Waals surface area contributed by atoms with E-state index in [9.17, 15) is 20.1 Å². The Hall–Kier alpha value is -2.61. The monoisotopic (exact) mass is 607 g/mol. The van der Waals surface area contributed by atoms with E-state index in [1.54, 1.807) is 21.1 Å². The molecule has 1 amide bonds. The molecule has 0 unspecified atom stereocenters. The van der Waals surface area contributed by atoms with Crippen molar-refractivity contribution in [2.75, 3.05) is 20.8 Å². The van der Waals surface area contributed by atoms with Crippen LogP contribution >= 0.6 is 0 Å². The summed E-state index contributed by atoms with van der Waals surface area (Å²) in [5.41, 5.74) is 3.08. The van der Waals surface area contributed by atoms with Crippen LogP contribution in [0.2, 0.25) is 0 Å². The highest BCUT2D eigenvalue weighted by Gasteiger charge is 2.53. The molecule has 1 aromatic carbocycles. The van der Waals surface area contributed by atoms with Gasteiger partial charge in [-0.05, 0) is 110 Å². The van der Waals surface area contributed by atoms with Gasteiger partial charge in [0.25, 0.3) is 5.91 Å². The lowest BCUT2D eigenvalue weighted by Gasteiger charge is -2.45. The molecule has 1 heterocycles. The van der Waals surface area contributed by atoms with E-state index in [4.69, 9.17) is 9.47 Å². The van der Waals surface area contributed by atoms with Gasteiger partial charge in [-0.1, -0.05) is 38.2 Å². The Morgan fingerprint density at radius 3 is 2.50 bits per heavy atom. The maximum absolute atomic E-state index is 13.4. The number of hydrogen-bond acceptors (Lipinski definition) is 6. The number of aliphatic hydroxyl groups is 3. The molecular weight excluding hydrogens is 554 g/mol. The van der Waals surface area contributed by atoms with Gasteiger partial charge in [0, 0.05) is 31.5 Å². The van der Waals surface area contributed by atoms with Crippen molar-refractivity contribution in [3.63, 3.8) is 0 Å². The molecule has 1 aromatic rings. The van der Waals surface area contributed by atoms with Crippen LogP contribution in [0.15, 0.2) is 53.6 Å². The molecule has 4 fully saturated rings. The number of nitrogens with zero attached hydrogens (tertiary/aromatic N) is 1. The first-order chi connectivity index (χ1) is 20.9. The zero-order valence-corrected chi connectivity index (χ0v) is 27.3. The van der Waals surface area contributed by atoms with E-state index in [0.717, 1.165) is 53.9 Å². The van der Waals surface area contributed by atoms with Crippen molar-refractivity contribution >= 4 is 5.91 Å². The summed E-state index contributed by atoms with van der Waals surface area (Å²) in [6.45, 7) is 11.1. The SMILES string of the molecule is C=C1/C(=C\C=C2/CCC[C@]3(C)[C@@H]([C@H](C)C[C@H]4C[C@](C)(O)C(=O)N4CCc4cc(OC)cc(OC)c4)CC[C@@H]23)C[C@@H](O)C[C@@H]1O. The van der Waals surface area contributed by atoms with Crippen LogP contribution in [0, 0.1) is 23.2 Å². The van der Waals surface area contributed by atoms with E-state index in [0.29, 0.717) is 50.0 Å². The molecule has 0 radical (unpaired) electrons. The highest BCUT2D eigenvalue weighted by atomic mass is 16.5. The summed E-state index contributed by atoms with van der Waals surface area (Å²) in [6, 6.07) is 5.81. The van der Waals surface area contributed by atoms with Crippen molar-refractivity contribution in [1.29, 1.82) is 0 Å². The minimum atomic E-state index is -1.34. The molecule has 1 aliphatic heterocycles. The molecule has 44 heavy (non-hydrogen) atoms. The Morgan fingerprint density at radius 1 is 1.11 bits per heavy atom. The molecule has 3 N–H and O–H groups in total. The van der Waals surface area contributed by atoms with E-state index < -0.39 is 17.8 Å². The summed E-state index contributed by atoms with van der Waals surface area (Å²) in [5.74, 6) is 2.75. The van der Waals surface area contributed by atoms with Gasteiger partial charge in [0.15, 0.2) is 0 Å². The smallest absolute Gasteiger partial charge is 0.254 e. The fourth-order valence-electron chi connectivity index (χ4n) is 9.16. The zero-order chi connectivity index (χ0) is 31.8. The van der Waals surface area contributed by atoms with Crippen LogP contribution in [-0.4, -0.2) is 70.7 Å². The average Bonchev–Trinajstić information content (AvgIpc) is 3.45. The minimum Gasteiger partial charge on any atom is -0.497 e. The highest BCUT2D eigenvalue weighted by Crippen LogP contribution is 2.60. The van der Waals surface area contributed by atoms with E-state index in [-0.39, 0.29) is 17.4 Å². The largest absolute Gasteiger partial charge is 0.497 e. The number of carbonyl (C=O) groups excluding carboxylic acids is 1. The first-order valence-corrected chi connectivity index (χ1v) is 16.6. The number of allylic oxidation sites excluding steroid dienone is 3. The molecule has 3 saturated carbocycles. The van der Waals surface area contributed by atoms with Crippen LogP contribution in [0.1, 0.15) is 84.1 Å². The van der Waals surface area contributed by atoms with Gasteiger partial charge in [-0.25, -0.2) is 0 Å². The lowest BCUT2D eigenvalue weighted by molar-refractivity contribution is -0.142. The van der Waals surface area contributed by atoms with Gasteiger partial charge < -0.3 is 29.7 Å². The molecule has 7 nitrogen and oxygen atoms in total. The maximum Gasteiger partial charge on any atom is 0.254 e. The summed E-state index contributed by atoms with van der Waals surface area (Å²) in [4.78, 5) is 15.3. The Kier molecular flexibility index (Phi) is 9.69. The topological polar surface area (TPSA) is 99.5 Å². The number of carbonyl (C=O) groups is 1. The summed E-state index contributed by atoms with van der Waals surface area (Å²) < 4.78 is 10.9. The van der Waals surface area contributed by atoms with Crippen LogP contribution in [0.5, 0.6) is 11.5 Å². The van der Waals surface area contributed by atoms with Crippen molar-refractivity contribution in [3.8, 4) is 11.5 Å². The molecule has 242 valence electrons. The Bertz CT molecular complexity index is 1280. The highest BCUT2D eigenvalue weighted by molar-refractivity contribution is 5.87. The van der Waals surface area contributed by atoms with Gasteiger partial charge >= 0.3 is 0 Å². The van der Waals surface area contributed by atoms with Crippen molar-refractivity contribution < 1.29 is 29.6 Å². The lowest BCUT2D eigenvalue weighted by Crippen LogP contribution is -2.41. The molecule has 5 rings (SSSR count). The fourth-order valence-corrected chi connectivity index (χ4v) is 9.16. The normalized spacial score (nSPS) is 36.6. The molecule has 1 saturated heterocycles. The number of aliphatic hydroxyl groups excluding tert-OH is 2. The second kappa shape index (κ2) is 13.0. The van der Waals surface area contributed by atoms with Crippen LogP contribution in [0.4, 0.5) is 0 Å². The first-order valence-electron chi connectivity index (χ1n) is 16.6.